The minimum atomic E-state index is -0.893. The molecule has 0 bridgehead atoms. The molecule has 7 heteroatoms. The van der Waals surface area contributed by atoms with Crippen molar-refractivity contribution in [2.45, 2.75) is 38.8 Å². The molecule has 1 aliphatic heterocycles. The quantitative estimate of drug-likeness (QED) is 0.771. The molecule has 1 aliphatic rings. The molecule has 3 rings (SSSR count). The van der Waals surface area contributed by atoms with Gasteiger partial charge in [-0.3, -0.25) is 14.4 Å². The van der Waals surface area contributed by atoms with Gasteiger partial charge in [0, 0.05) is 10.6 Å². The van der Waals surface area contributed by atoms with Crippen LogP contribution in [0.1, 0.15) is 37.7 Å². The van der Waals surface area contributed by atoms with E-state index >= 15 is 0 Å². The minimum absolute atomic E-state index is 0.0782. The van der Waals surface area contributed by atoms with Crippen LogP contribution in [0.3, 0.4) is 0 Å². The molecule has 0 aliphatic carbocycles. The minimum Gasteiger partial charge on any atom is -0.459 e. The first-order valence-corrected chi connectivity index (χ1v) is 8.57. The van der Waals surface area contributed by atoms with E-state index in [0.717, 1.165) is 4.90 Å². The van der Waals surface area contributed by atoms with Crippen LogP contribution in [-0.4, -0.2) is 34.2 Å². The molecular formula is C19H19ClN2O4. The Bertz CT molecular complexity index is 837. The third kappa shape index (κ3) is 3.24. The molecule has 1 unspecified atom stereocenters. The molecule has 2 heterocycles. The number of anilines is 1. The van der Waals surface area contributed by atoms with E-state index in [1.54, 1.807) is 36.4 Å². The smallest absolute Gasteiger partial charge is 0.290 e. The van der Waals surface area contributed by atoms with Crippen LogP contribution in [0.4, 0.5) is 5.69 Å². The molecule has 0 saturated carbocycles. The molecule has 3 amide bonds. The van der Waals surface area contributed by atoms with Gasteiger partial charge >= 0.3 is 0 Å². The number of rotatable bonds is 3. The van der Waals surface area contributed by atoms with E-state index < -0.39 is 23.4 Å². The van der Waals surface area contributed by atoms with E-state index in [1.807, 2.05) is 20.8 Å². The Morgan fingerprint density at radius 1 is 1.19 bits per heavy atom. The van der Waals surface area contributed by atoms with E-state index in [4.69, 9.17) is 16.0 Å². The highest BCUT2D eigenvalue weighted by atomic mass is 35.5. The average Bonchev–Trinajstić information content (AvgIpc) is 3.17. The summed E-state index contributed by atoms with van der Waals surface area (Å²) in [5.74, 6) is -1.09. The van der Waals surface area contributed by atoms with Crippen LogP contribution in [0.25, 0.3) is 0 Å². The summed E-state index contributed by atoms with van der Waals surface area (Å²) in [6, 6.07) is 8.69. The predicted molar refractivity (Wildman–Crippen MR) is 97.0 cm³/mol. The zero-order valence-electron chi connectivity index (χ0n) is 14.7. The molecular weight excluding hydrogens is 356 g/mol. The van der Waals surface area contributed by atoms with Crippen LogP contribution in [0.2, 0.25) is 5.02 Å². The maximum Gasteiger partial charge on any atom is 0.290 e. The second-order valence-electron chi connectivity index (χ2n) is 7.09. The number of hydrogen-bond donors (Lipinski definition) is 0. The number of furan rings is 1. The van der Waals surface area contributed by atoms with Crippen molar-refractivity contribution in [3.63, 3.8) is 0 Å². The molecule has 1 aromatic carbocycles. The summed E-state index contributed by atoms with van der Waals surface area (Å²) in [7, 11) is 0. The molecule has 136 valence electrons. The number of imide groups is 1. The monoisotopic (exact) mass is 374 g/mol. The first kappa shape index (κ1) is 18.2. The normalized spacial score (nSPS) is 17.7. The second kappa shape index (κ2) is 6.61. The summed E-state index contributed by atoms with van der Waals surface area (Å²) in [6.45, 7) is 5.45. The number of amides is 3. The van der Waals surface area contributed by atoms with Crippen molar-refractivity contribution in [2.24, 2.45) is 0 Å². The Labute approximate surface area is 156 Å². The van der Waals surface area contributed by atoms with Crippen molar-refractivity contribution in [1.29, 1.82) is 0 Å². The van der Waals surface area contributed by atoms with Gasteiger partial charge in [0.15, 0.2) is 5.76 Å². The lowest BCUT2D eigenvalue weighted by Gasteiger charge is -2.38. The standard InChI is InChI=1S/C19H19ClN2O4/c1-19(2,3)22(18(25)15-5-4-10-26-15)14-11-16(23)21(17(14)24)13-8-6-12(20)7-9-13/h4-10,14H,11H2,1-3H3. The highest BCUT2D eigenvalue weighted by molar-refractivity contribution is 6.31. The first-order chi connectivity index (χ1) is 12.2. The molecule has 1 aromatic heterocycles. The molecule has 1 atom stereocenters. The third-order valence-electron chi connectivity index (χ3n) is 4.19. The van der Waals surface area contributed by atoms with Gasteiger partial charge in [0.25, 0.3) is 11.8 Å². The number of carbonyl (C=O) groups is 3. The predicted octanol–water partition coefficient (Wildman–Crippen LogP) is 3.51. The van der Waals surface area contributed by atoms with Crippen molar-refractivity contribution in [1.82, 2.24) is 4.90 Å². The molecule has 1 fully saturated rings. The SMILES string of the molecule is CC(C)(C)N(C(=O)c1ccco1)C1CC(=O)N(c2ccc(Cl)cc2)C1=O. The summed E-state index contributed by atoms with van der Waals surface area (Å²) < 4.78 is 5.20. The van der Waals surface area contributed by atoms with Gasteiger partial charge in [-0.1, -0.05) is 11.6 Å². The topological polar surface area (TPSA) is 70.8 Å². The van der Waals surface area contributed by atoms with Gasteiger partial charge in [-0.05, 0) is 57.2 Å². The van der Waals surface area contributed by atoms with Crippen LogP contribution in [0.5, 0.6) is 0 Å². The lowest BCUT2D eigenvalue weighted by Crippen LogP contribution is -2.54. The maximum absolute atomic E-state index is 13.0. The fourth-order valence-corrected chi connectivity index (χ4v) is 3.24. The fourth-order valence-electron chi connectivity index (χ4n) is 3.11. The Kier molecular flexibility index (Phi) is 4.63. The van der Waals surface area contributed by atoms with Gasteiger partial charge in [0.1, 0.15) is 6.04 Å². The van der Waals surface area contributed by atoms with E-state index in [-0.39, 0.29) is 18.1 Å². The van der Waals surface area contributed by atoms with Gasteiger partial charge in [-0.25, -0.2) is 4.90 Å². The summed E-state index contributed by atoms with van der Waals surface area (Å²) in [5.41, 5.74) is -0.244. The van der Waals surface area contributed by atoms with Crippen LogP contribution >= 0.6 is 11.6 Å². The van der Waals surface area contributed by atoms with Crippen molar-refractivity contribution in [3.05, 3.63) is 53.4 Å². The Morgan fingerprint density at radius 2 is 1.85 bits per heavy atom. The number of halogens is 1. The van der Waals surface area contributed by atoms with Crippen LogP contribution in [0, 0.1) is 0 Å². The van der Waals surface area contributed by atoms with Crippen molar-refractivity contribution >= 4 is 35.0 Å². The van der Waals surface area contributed by atoms with Gasteiger partial charge in [0.05, 0.1) is 18.4 Å². The maximum atomic E-state index is 13.0. The van der Waals surface area contributed by atoms with Gasteiger partial charge < -0.3 is 9.32 Å². The molecule has 6 nitrogen and oxygen atoms in total. The Balaban J connectivity index is 1.96. The Hall–Kier alpha value is -2.60. The molecule has 0 radical (unpaired) electrons. The average molecular weight is 375 g/mol. The number of nitrogens with zero attached hydrogens (tertiary/aromatic N) is 2. The highest BCUT2D eigenvalue weighted by Crippen LogP contribution is 2.31. The molecule has 0 N–H and O–H groups in total. The number of hydrogen-bond acceptors (Lipinski definition) is 4. The zero-order valence-corrected chi connectivity index (χ0v) is 15.5. The number of benzene rings is 1. The van der Waals surface area contributed by atoms with E-state index in [1.165, 1.54) is 11.2 Å². The zero-order chi connectivity index (χ0) is 19.1. The highest BCUT2D eigenvalue weighted by Gasteiger charge is 2.48. The fraction of sp³-hybridized carbons (Fsp3) is 0.316. The van der Waals surface area contributed by atoms with Gasteiger partial charge in [-0.15, -0.1) is 0 Å². The summed E-state index contributed by atoms with van der Waals surface area (Å²) in [6.07, 6.45) is 1.32. The van der Waals surface area contributed by atoms with E-state index in [2.05, 4.69) is 0 Å². The molecule has 0 spiro atoms. The van der Waals surface area contributed by atoms with Crippen molar-refractivity contribution < 1.29 is 18.8 Å². The van der Waals surface area contributed by atoms with Crippen molar-refractivity contribution in [2.75, 3.05) is 4.90 Å². The summed E-state index contributed by atoms with van der Waals surface area (Å²) in [5, 5.41) is 0.508. The van der Waals surface area contributed by atoms with Crippen LogP contribution in [0.15, 0.2) is 47.1 Å². The van der Waals surface area contributed by atoms with Crippen LogP contribution < -0.4 is 4.90 Å². The lowest BCUT2D eigenvalue weighted by molar-refractivity contribution is -0.123. The number of carbonyl (C=O) groups excluding carboxylic acids is 3. The lowest BCUT2D eigenvalue weighted by atomic mass is 10.0. The van der Waals surface area contributed by atoms with Crippen LogP contribution in [-0.2, 0) is 9.59 Å². The molecule has 26 heavy (non-hydrogen) atoms. The Morgan fingerprint density at radius 3 is 2.38 bits per heavy atom. The van der Waals surface area contributed by atoms with Crippen molar-refractivity contribution in [3.8, 4) is 0 Å². The molecule has 2 aromatic rings. The van der Waals surface area contributed by atoms with Gasteiger partial charge in [-0.2, -0.15) is 0 Å². The van der Waals surface area contributed by atoms with E-state index in [9.17, 15) is 14.4 Å². The van der Waals surface area contributed by atoms with Gasteiger partial charge in [0.2, 0.25) is 5.91 Å². The first-order valence-electron chi connectivity index (χ1n) is 8.19. The van der Waals surface area contributed by atoms with E-state index in [0.29, 0.717) is 10.7 Å². The largest absolute Gasteiger partial charge is 0.459 e. The second-order valence-corrected chi connectivity index (χ2v) is 7.52. The molecule has 1 saturated heterocycles. The summed E-state index contributed by atoms with van der Waals surface area (Å²) >= 11 is 5.88. The summed E-state index contributed by atoms with van der Waals surface area (Å²) in [4.78, 5) is 41.0. The third-order valence-corrected chi connectivity index (χ3v) is 4.44.